The minimum absolute atomic E-state index is 0.167. The third kappa shape index (κ3) is 5.03. The van der Waals surface area contributed by atoms with Gasteiger partial charge in [-0.2, -0.15) is 0 Å². The second-order valence-corrected chi connectivity index (χ2v) is 9.87. The molecule has 0 spiro atoms. The first-order chi connectivity index (χ1) is 8.08. The van der Waals surface area contributed by atoms with E-state index in [1.165, 1.54) is 0 Å². The zero-order valence-corrected chi connectivity index (χ0v) is 13.0. The molecule has 0 aromatic heterocycles. The number of hydrogen-bond donors (Lipinski definition) is 1. The smallest absolute Gasteiger partial charge is 0.226 e. The molecule has 0 aromatic rings. The highest BCUT2D eigenvalue weighted by molar-refractivity contribution is 8.06. The Morgan fingerprint density at radius 2 is 1.94 bits per heavy atom. The van der Waals surface area contributed by atoms with Crippen molar-refractivity contribution in [3.63, 3.8) is 0 Å². The SMILES string of the molecule is CC1CCCC(CCl)(NS(=O)(=O)CS(C)(=O)=O)C1. The van der Waals surface area contributed by atoms with E-state index in [9.17, 15) is 16.8 Å². The van der Waals surface area contributed by atoms with Crippen molar-refractivity contribution < 1.29 is 16.8 Å². The summed E-state index contributed by atoms with van der Waals surface area (Å²) in [7, 11) is -7.43. The van der Waals surface area contributed by atoms with Gasteiger partial charge < -0.3 is 0 Å². The summed E-state index contributed by atoms with van der Waals surface area (Å²) >= 11 is 5.90. The quantitative estimate of drug-likeness (QED) is 0.770. The zero-order valence-electron chi connectivity index (χ0n) is 10.6. The van der Waals surface area contributed by atoms with Crippen molar-refractivity contribution in [1.82, 2.24) is 4.72 Å². The Labute approximate surface area is 114 Å². The van der Waals surface area contributed by atoms with E-state index in [0.717, 1.165) is 19.1 Å². The minimum atomic E-state index is -3.86. The lowest BCUT2D eigenvalue weighted by atomic mass is 9.78. The van der Waals surface area contributed by atoms with Crippen LogP contribution >= 0.6 is 11.6 Å². The molecule has 0 aromatic carbocycles. The van der Waals surface area contributed by atoms with Crippen molar-refractivity contribution in [1.29, 1.82) is 0 Å². The summed E-state index contributed by atoms with van der Waals surface area (Å²) in [6.07, 6.45) is 4.16. The van der Waals surface area contributed by atoms with Crippen molar-refractivity contribution >= 4 is 31.5 Å². The zero-order chi connectivity index (χ0) is 14.0. The molecule has 2 atom stereocenters. The van der Waals surface area contributed by atoms with Crippen molar-refractivity contribution in [2.45, 2.75) is 38.1 Å². The largest absolute Gasteiger partial charge is 0.228 e. The topological polar surface area (TPSA) is 80.3 Å². The third-order valence-corrected chi connectivity index (χ3v) is 7.30. The summed E-state index contributed by atoms with van der Waals surface area (Å²) in [5.41, 5.74) is -0.692. The van der Waals surface area contributed by atoms with Gasteiger partial charge in [0.1, 0.15) is 0 Å². The van der Waals surface area contributed by atoms with Crippen molar-refractivity contribution in [3.05, 3.63) is 0 Å². The molecule has 0 bridgehead atoms. The van der Waals surface area contributed by atoms with Gasteiger partial charge in [-0.1, -0.05) is 19.8 Å². The Morgan fingerprint density at radius 1 is 1.33 bits per heavy atom. The molecular weight excluding hydrogens is 298 g/mol. The number of rotatable bonds is 5. The second kappa shape index (κ2) is 5.64. The fraction of sp³-hybridized carbons (Fsp3) is 1.00. The summed E-state index contributed by atoms with van der Waals surface area (Å²) in [6.45, 7) is 2.05. The van der Waals surface area contributed by atoms with Gasteiger partial charge in [-0.15, -0.1) is 11.6 Å². The fourth-order valence-corrected chi connectivity index (χ4v) is 6.34. The Hall–Kier alpha value is 0.150. The molecule has 8 heteroatoms. The maximum Gasteiger partial charge on any atom is 0.226 e. The first-order valence-electron chi connectivity index (χ1n) is 5.83. The van der Waals surface area contributed by atoms with Crippen molar-refractivity contribution in [2.75, 3.05) is 17.2 Å². The maximum atomic E-state index is 11.8. The van der Waals surface area contributed by atoms with Crippen LogP contribution in [0.15, 0.2) is 0 Å². The molecule has 1 saturated carbocycles. The van der Waals surface area contributed by atoms with Crippen LogP contribution in [-0.4, -0.2) is 39.6 Å². The van der Waals surface area contributed by atoms with Gasteiger partial charge in [-0.25, -0.2) is 21.6 Å². The van der Waals surface area contributed by atoms with E-state index < -0.39 is 30.5 Å². The predicted molar refractivity (Wildman–Crippen MR) is 72.8 cm³/mol. The molecule has 1 aliphatic rings. The van der Waals surface area contributed by atoms with Crippen LogP contribution < -0.4 is 4.72 Å². The maximum absolute atomic E-state index is 11.8. The van der Waals surface area contributed by atoms with Crippen LogP contribution in [0.5, 0.6) is 0 Å². The average molecular weight is 318 g/mol. The lowest BCUT2D eigenvalue weighted by Gasteiger charge is -2.38. The molecule has 1 aliphatic carbocycles. The molecule has 0 amide bonds. The van der Waals surface area contributed by atoms with E-state index >= 15 is 0 Å². The molecule has 0 heterocycles. The number of nitrogens with one attached hydrogen (secondary N) is 1. The summed E-state index contributed by atoms with van der Waals surface area (Å²) in [4.78, 5) is 0. The van der Waals surface area contributed by atoms with E-state index in [1.54, 1.807) is 0 Å². The van der Waals surface area contributed by atoms with E-state index in [1.807, 2.05) is 6.92 Å². The Kier molecular flexibility index (Phi) is 5.08. The van der Waals surface area contributed by atoms with E-state index in [4.69, 9.17) is 11.6 Å². The molecule has 2 unspecified atom stereocenters. The molecular formula is C10H20ClNO4S2. The summed E-state index contributed by atoms with van der Waals surface area (Å²) in [5.74, 6) is 0.554. The normalized spacial score (nSPS) is 30.3. The lowest BCUT2D eigenvalue weighted by Crippen LogP contribution is -2.53. The first kappa shape index (κ1) is 16.2. The molecule has 1 rings (SSSR count). The highest BCUT2D eigenvalue weighted by Crippen LogP contribution is 2.33. The highest BCUT2D eigenvalue weighted by Gasteiger charge is 2.38. The second-order valence-electron chi connectivity index (χ2n) is 5.38. The van der Waals surface area contributed by atoms with Gasteiger partial charge in [0, 0.05) is 17.7 Å². The predicted octanol–water partition coefficient (Wildman–Crippen LogP) is 1.10. The number of hydrogen-bond acceptors (Lipinski definition) is 4. The Balaban J connectivity index is 2.85. The summed E-state index contributed by atoms with van der Waals surface area (Å²) in [5, 5.41) is -0.882. The average Bonchev–Trinajstić information content (AvgIpc) is 2.12. The summed E-state index contributed by atoms with van der Waals surface area (Å²) in [6, 6.07) is 0. The minimum Gasteiger partial charge on any atom is -0.228 e. The van der Waals surface area contributed by atoms with Gasteiger partial charge in [-0.05, 0) is 18.8 Å². The monoisotopic (exact) mass is 317 g/mol. The van der Waals surface area contributed by atoms with E-state index in [2.05, 4.69) is 4.72 Å². The lowest BCUT2D eigenvalue weighted by molar-refractivity contribution is 0.239. The number of sulfonamides is 1. The van der Waals surface area contributed by atoms with Crippen LogP contribution in [0, 0.1) is 5.92 Å². The van der Waals surface area contributed by atoms with Crippen LogP contribution in [0.2, 0.25) is 0 Å². The van der Waals surface area contributed by atoms with Gasteiger partial charge in [0.05, 0.1) is 0 Å². The van der Waals surface area contributed by atoms with Gasteiger partial charge in [0.2, 0.25) is 10.0 Å². The van der Waals surface area contributed by atoms with Gasteiger partial charge in [0.25, 0.3) is 0 Å². The molecule has 108 valence electrons. The van der Waals surface area contributed by atoms with Gasteiger partial charge in [-0.3, -0.25) is 0 Å². The highest BCUT2D eigenvalue weighted by atomic mass is 35.5. The van der Waals surface area contributed by atoms with Gasteiger partial charge >= 0.3 is 0 Å². The molecule has 0 radical (unpaired) electrons. The van der Waals surface area contributed by atoms with Crippen LogP contribution in [0.4, 0.5) is 0 Å². The van der Waals surface area contributed by atoms with Crippen LogP contribution in [0.3, 0.4) is 0 Å². The molecule has 5 nitrogen and oxygen atoms in total. The Bertz CT molecular complexity index is 488. The van der Waals surface area contributed by atoms with Crippen LogP contribution in [0.1, 0.15) is 32.6 Å². The molecule has 0 saturated heterocycles. The number of sulfone groups is 1. The Morgan fingerprint density at radius 3 is 2.39 bits per heavy atom. The summed E-state index contributed by atoms with van der Waals surface area (Å²) < 4.78 is 48.4. The molecule has 1 N–H and O–H groups in total. The first-order valence-corrected chi connectivity index (χ1v) is 10.1. The van der Waals surface area contributed by atoms with E-state index in [0.29, 0.717) is 18.8 Å². The molecule has 0 aliphatic heterocycles. The van der Waals surface area contributed by atoms with Crippen LogP contribution in [0.25, 0.3) is 0 Å². The molecule has 18 heavy (non-hydrogen) atoms. The van der Waals surface area contributed by atoms with Crippen LogP contribution in [-0.2, 0) is 19.9 Å². The fourth-order valence-electron chi connectivity index (χ4n) is 2.54. The molecule has 1 fully saturated rings. The third-order valence-electron chi connectivity index (χ3n) is 3.09. The van der Waals surface area contributed by atoms with Crippen molar-refractivity contribution in [3.8, 4) is 0 Å². The number of alkyl halides is 1. The van der Waals surface area contributed by atoms with E-state index in [-0.39, 0.29) is 5.88 Å². The van der Waals surface area contributed by atoms with Crippen molar-refractivity contribution in [2.24, 2.45) is 5.92 Å². The number of halogens is 1. The van der Waals surface area contributed by atoms with Gasteiger partial charge in [0.15, 0.2) is 14.9 Å². The standard InChI is InChI=1S/C10H20ClNO4S2/c1-9-4-3-5-10(6-9,7-11)12-18(15,16)8-17(2,13)14/h9,12H,3-8H2,1-2H3.